The van der Waals surface area contributed by atoms with E-state index >= 15 is 0 Å². The lowest BCUT2D eigenvalue weighted by Gasteiger charge is -2.16. The summed E-state index contributed by atoms with van der Waals surface area (Å²) >= 11 is 5.78. The van der Waals surface area contributed by atoms with Crippen LogP contribution >= 0.6 is 11.6 Å². The predicted octanol–water partition coefficient (Wildman–Crippen LogP) is 3.26. The summed E-state index contributed by atoms with van der Waals surface area (Å²) in [7, 11) is 0. The van der Waals surface area contributed by atoms with E-state index in [9.17, 15) is 4.79 Å². The van der Waals surface area contributed by atoms with Crippen molar-refractivity contribution in [2.45, 2.75) is 25.7 Å². The number of benzene rings is 1. The molecule has 3 unspecified atom stereocenters. The predicted molar refractivity (Wildman–Crippen MR) is 82.5 cm³/mol. The highest BCUT2D eigenvalue weighted by Gasteiger charge is 2.38. The fourth-order valence-corrected chi connectivity index (χ4v) is 3.52. The maximum Gasteiger partial charge on any atom is 0.277 e. The van der Waals surface area contributed by atoms with Crippen LogP contribution in [0.3, 0.4) is 0 Å². The smallest absolute Gasteiger partial charge is 0.277 e. The van der Waals surface area contributed by atoms with Crippen molar-refractivity contribution in [2.75, 3.05) is 6.61 Å². The number of ether oxygens (including phenoxy) is 1. The van der Waals surface area contributed by atoms with Gasteiger partial charge in [-0.1, -0.05) is 18.0 Å². The van der Waals surface area contributed by atoms with Gasteiger partial charge >= 0.3 is 0 Å². The van der Waals surface area contributed by atoms with Gasteiger partial charge in [-0.25, -0.2) is 5.43 Å². The summed E-state index contributed by atoms with van der Waals surface area (Å²) in [6, 6.07) is 6.91. The number of hydrazone groups is 1. The third kappa shape index (κ3) is 3.76. The Morgan fingerprint density at radius 2 is 2.14 bits per heavy atom. The zero-order valence-corrected chi connectivity index (χ0v) is 12.6. The van der Waals surface area contributed by atoms with Crippen LogP contribution in [0.1, 0.15) is 25.7 Å². The monoisotopic (exact) mass is 306 g/mol. The van der Waals surface area contributed by atoms with Gasteiger partial charge < -0.3 is 4.74 Å². The van der Waals surface area contributed by atoms with E-state index in [0.717, 1.165) is 11.8 Å². The maximum atomic E-state index is 11.6. The number of halogens is 1. The average Bonchev–Trinajstić information content (AvgIpc) is 3.09. The lowest BCUT2D eigenvalue weighted by Crippen LogP contribution is -2.25. The van der Waals surface area contributed by atoms with Crippen molar-refractivity contribution in [1.82, 2.24) is 5.43 Å². The molecule has 5 heteroatoms. The second-order valence-corrected chi connectivity index (χ2v) is 6.33. The van der Waals surface area contributed by atoms with E-state index in [0.29, 0.717) is 16.7 Å². The summed E-state index contributed by atoms with van der Waals surface area (Å²) in [4.78, 5) is 11.6. The van der Waals surface area contributed by atoms with E-state index in [-0.39, 0.29) is 12.5 Å². The number of nitrogens with one attached hydrogen (secondary N) is 1. The van der Waals surface area contributed by atoms with E-state index in [1.54, 1.807) is 24.3 Å². The highest BCUT2D eigenvalue weighted by molar-refractivity contribution is 6.30. The molecule has 2 aliphatic carbocycles. The molecule has 0 aromatic heterocycles. The number of nitrogens with zero attached hydrogens (tertiary/aromatic N) is 1. The van der Waals surface area contributed by atoms with Crippen LogP contribution < -0.4 is 10.2 Å². The van der Waals surface area contributed by atoms with Gasteiger partial charge in [-0.3, -0.25) is 4.79 Å². The van der Waals surface area contributed by atoms with Crippen molar-refractivity contribution in [3.63, 3.8) is 0 Å². The highest BCUT2D eigenvalue weighted by Crippen LogP contribution is 2.47. The first kappa shape index (κ1) is 14.4. The van der Waals surface area contributed by atoms with Crippen molar-refractivity contribution in [1.29, 1.82) is 0 Å². The average molecular weight is 307 g/mol. The van der Waals surface area contributed by atoms with Crippen LogP contribution in [-0.2, 0) is 4.79 Å². The Hall–Kier alpha value is -1.55. The molecule has 0 aliphatic heterocycles. The summed E-state index contributed by atoms with van der Waals surface area (Å²) in [5.41, 5.74) is 2.53. The Balaban J connectivity index is 1.39. The van der Waals surface area contributed by atoms with Crippen LogP contribution in [0, 0.1) is 17.8 Å². The first-order chi connectivity index (χ1) is 10.2. The second kappa shape index (κ2) is 6.48. The molecule has 2 aliphatic rings. The quantitative estimate of drug-likeness (QED) is 0.670. The summed E-state index contributed by atoms with van der Waals surface area (Å²) in [6.45, 7) is -0.0459. The van der Waals surface area contributed by atoms with E-state index in [4.69, 9.17) is 16.3 Å². The summed E-state index contributed by atoms with van der Waals surface area (Å²) in [5.74, 6) is 2.58. The number of hydrogen-bond donors (Lipinski definition) is 1. The third-order valence-electron chi connectivity index (χ3n) is 4.43. The van der Waals surface area contributed by atoms with Crippen LogP contribution in [0.15, 0.2) is 29.4 Å². The molecule has 3 atom stereocenters. The number of carbonyl (C=O) groups excluding carboxylic acids is 1. The summed E-state index contributed by atoms with van der Waals surface area (Å²) in [5, 5.41) is 4.71. The molecule has 0 heterocycles. The van der Waals surface area contributed by atoms with Crippen LogP contribution in [0.4, 0.5) is 0 Å². The first-order valence-corrected chi connectivity index (χ1v) is 7.79. The highest BCUT2D eigenvalue weighted by atomic mass is 35.5. The van der Waals surface area contributed by atoms with E-state index in [2.05, 4.69) is 10.5 Å². The molecule has 0 spiro atoms. The Labute approximate surface area is 129 Å². The first-order valence-electron chi connectivity index (χ1n) is 7.41. The fourth-order valence-electron chi connectivity index (χ4n) is 3.39. The molecule has 2 fully saturated rings. The van der Waals surface area contributed by atoms with Gasteiger partial charge in [-0.05, 0) is 61.3 Å². The number of amides is 1. The van der Waals surface area contributed by atoms with Crippen molar-refractivity contribution >= 4 is 23.7 Å². The minimum atomic E-state index is -0.246. The zero-order chi connectivity index (χ0) is 14.7. The Bertz CT molecular complexity index is 530. The zero-order valence-electron chi connectivity index (χ0n) is 11.8. The molecule has 4 nitrogen and oxygen atoms in total. The van der Waals surface area contributed by atoms with Crippen LogP contribution in [0.2, 0.25) is 5.02 Å². The van der Waals surface area contributed by atoms with Crippen molar-refractivity contribution in [3.8, 4) is 5.75 Å². The molecule has 1 aromatic rings. The van der Waals surface area contributed by atoms with E-state index < -0.39 is 0 Å². The molecule has 1 amide bonds. The Morgan fingerprint density at radius 3 is 2.81 bits per heavy atom. The van der Waals surface area contributed by atoms with Crippen LogP contribution in [0.25, 0.3) is 0 Å². The van der Waals surface area contributed by atoms with Crippen molar-refractivity contribution in [3.05, 3.63) is 29.3 Å². The standard InChI is InChI=1S/C16H19ClN2O2/c17-14-3-5-15(6-4-14)21-10-16(20)19-18-9-13-8-11-1-2-12(13)7-11/h3-6,9,11-13H,1-2,7-8,10H2,(H,19,20)/b18-9+. The van der Waals surface area contributed by atoms with E-state index in [1.165, 1.54) is 25.7 Å². The van der Waals surface area contributed by atoms with Gasteiger partial charge in [-0.2, -0.15) is 5.10 Å². The largest absolute Gasteiger partial charge is 0.484 e. The molecule has 2 saturated carbocycles. The van der Waals surface area contributed by atoms with Gasteiger partial charge in [-0.15, -0.1) is 0 Å². The minimum Gasteiger partial charge on any atom is -0.484 e. The molecule has 3 rings (SSSR count). The van der Waals surface area contributed by atoms with Gasteiger partial charge in [0.25, 0.3) is 5.91 Å². The second-order valence-electron chi connectivity index (χ2n) is 5.89. The molecular formula is C16H19ClN2O2. The number of hydrogen-bond acceptors (Lipinski definition) is 3. The topological polar surface area (TPSA) is 50.7 Å². The lowest BCUT2D eigenvalue weighted by atomic mass is 9.90. The number of rotatable bonds is 5. The molecule has 1 aromatic carbocycles. The third-order valence-corrected chi connectivity index (χ3v) is 4.68. The normalized spacial score (nSPS) is 27.2. The summed E-state index contributed by atoms with van der Waals surface area (Å²) in [6.07, 6.45) is 7.16. The lowest BCUT2D eigenvalue weighted by molar-refractivity contribution is -0.123. The molecule has 0 radical (unpaired) electrons. The van der Waals surface area contributed by atoms with Gasteiger partial charge in [0.15, 0.2) is 6.61 Å². The van der Waals surface area contributed by atoms with Gasteiger partial charge in [0, 0.05) is 11.2 Å². The van der Waals surface area contributed by atoms with Crippen molar-refractivity contribution < 1.29 is 9.53 Å². The molecule has 21 heavy (non-hydrogen) atoms. The van der Waals surface area contributed by atoms with Crippen LogP contribution in [0.5, 0.6) is 5.75 Å². The maximum absolute atomic E-state index is 11.6. The molecule has 1 N–H and O–H groups in total. The van der Waals surface area contributed by atoms with Crippen molar-refractivity contribution in [2.24, 2.45) is 22.9 Å². The minimum absolute atomic E-state index is 0.0459. The number of fused-ring (bicyclic) bond motifs is 2. The fraction of sp³-hybridized carbons (Fsp3) is 0.500. The van der Waals surface area contributed by atoms with E-state index in [1.807, 2.05) is 6.21 Å². The molecule has 0 saturated heterocycles. The Kier molecular flexibility index (Phi) is 4.44. The summed E-state index contributed by atoms with van der Waals surface area (Å²) < 4.78 is 5.35. The van der Waals surface area contributed by atoms with Gasteiger partial charge in [0.1, 0.15) is 5.75 Å². The molecule has 112 valence electrons. The van der Waals surface area contributed by atoms with Crippen LogP contribution in [-0.4, -0.2) is 18.7 Å². The Morgan fingerprint density at radius 1 is 1.33 bits per heavy atom. The van der Waals surface area contributed by atoms with Gasteiger partial charge in [0.05, 0.1) is 0 Å². The molecule has 2 bridgehead atoms. The SMILES string of the molecule is O=C(COc1ccc(Cl)cc1)N/N=C/C1CC2CCC1C2. The molecular weight excluding hydrogens is 288 g/mol. The number of carbonyl (C=O) groups is 1. The van der Waals surface area contributed by atoms with Gasteiger partial charge in [0.2, 0.25) is 0 Å².